The highest BCUT2D eigenvalue weighted by Crippen LogP contribution is 2.29. The molecule has 0 radical (unpaired) electrons. The van der Waals surface area contributed by atoms with Gasteiger partial charge in [-0.25, -0.2) is 4.79 Å². The summed E-state index contributed by atoms with van der Waals surface area (Å²) in [5, 5.41) is 10.9. The number of hydrogen-bond donors (Lipinski definition) is 2. The first-order valence-electron chi connectivity index (χ1n) is 7.66. The second kappa shape index (κ2) is 7.17. The average Bonchev–Trinajstić information content (AvgIpc) is 2.50. The molecule has 0 unspecified atom stereocenters. The van der Waals surface area contributed by atoms with E-state index >= 15 is 0 Å². The minimum atomic E-state index is -0.745. The second-order valence-electron chi connectivity index (χ2n) is 5.54. The van der Waals surface area contributed by atoms with Gasteiger partial charge in [-0.3, -0.25) is 4.79 Å². The Morgan fingerprint density at radius 1 is 1.30 bits per heavy atom. The number of fused-ring (bicyclic) bond motifs is 1. The highest BCUT2D eigenvalue weighted by atomic mass is 16.5. The van der Waals surface area contributed by atoms with Crippen LogP contribution in [0.4, 0.5) is 0 Å². The summed E-state index contributed by atoms with van der Waals surface area (Å²) in [6.45, 7) is 5.96. The molecule has 0 aliphatic rings. The number of ether oxygens (including phenoxy) is 2. The van der Waals surface area contributed by atoms with Crippen LogP contribution in [-0.2, 0) is 4.74 Å². The lowest BCUT2D eigenvalue weighted by atomic mass is 10.1. The molecule has 23 heavy (non-hydrogen) atoms. The highest BCUT2D eigenvalue weighted by Gasteiger charge is 2.18. The molecule has 1 aromatic heterocycles. The Bertz CT molecular complexity index is 763. The Morgan fingerprint density at radius 3 is 2.70 bits per heavy atom. The third-order valence-electron chi connectivity index (χ3n) is 3.27. The number of nitrogens with one attached hydrogen (secondary N) is 1. The summed E-state index contributed by atoms with van der Waals surface area (Å²) in [6.07, 6.45) is 1.55. The topological polar surface area (TPSA) is 88.6 Å². The Hall–Kier alpha value is -2.50. The zero-order valence-electron chi connectivity index (χ0n) is 13.5. The van der Waals surface area contributed by atoms with Crippen molar-refractivity contribution in [2.45, 2.75) is 39.7 Å². The number of aromatic nitrogens is 1. The molecule has 1 aromatic carbocycles. The number of esters is 1. The van der Waals surface area contributed by atoms with Gasteiger partial charge in [-0.2, -0.15) is 0 Å². The zero-order chi connectivity index (χ0) is 17.0. The third kappa shape index (κ3) is 3.83. The van der Waals surface area contributed by atoms with Gasteiger partial charge in [0.15, 0.2) is 11.4 Å². The molecule has 1 heterocycles. The van der Waals surface area contributed by atoms with Crippen molar-refractivity contribution < 1.29 is 19.4 Å². The van der Waals surface area contributed by atoms with Gasteiger partial charge in [-0.15, -0.1) is 0 Å². The lowest BCUT2D eigenvalue weighted by molar-refractivity contribution is 0.0489. The van der Waals surface area contributed by atoms with Gasteiger partial charge in [0.25, 0.3) is 5.56 Å². The Kier molecular flexibility index (Phi) is 5.26. The molecule has 0 amide bonds. The molecule has 6 nitrogen and oxygen atoms in total. The van der Waals surface area contributed by atoms with E-state index in [1.165, 1.54) is 0 Å². The van der Waals surface area contributed by atoms with Crippen LogP contribution < -0.4 is 10.3 Å². The monoisotopic (exact) mass is 319 g/mol. The maximum atomic E-state index is 12.1. The fraction of sp³-hybridized carbons (Fsp3) is 0.412. The maximum absolute atomic E-state index is 12.1. The summed E-state index contributed by atoms with van der Waals surface area (Å²) >= 11 is 0. The third-order valence-corrected chi connectivity index (χ3v) is 3.27. The largest absolute Gasteiger partial charge is 0.505 e. The Morgan fingerprint density at radius 2 is 2.04 bits per heavy atom. The van der Waals surface area contributed by atoms with Crippen LogP contribution in [0.25, 0.3) is 10.8 Å². The van der Waals surface area contributed by atoms with E-state index in [1.807, 2.05) is 20.8 Å². The molecule has 0 saturated heterocycles. The van der Waals surface area contributed by atoms with Gasteiger partial charge in [0.05, 0.1) is 18.1 Å². The minimum absolute atomic E-state index is 0.0462. The second-order valence-corrected chi connectivity index (χ2v) is 5.54. The number of rotatable bonds is 6. The minimum Gasteiger partial charge on any atom is -0.505 e. The molecule has 2 N–H and O–H groups in total. The van der Waals surface area contributed by atoms with E-state index < -0.39 is 11.5 Å². The van der Waals surface area contributed by atoms with Gasteiger partial charge in [0.1, 0.15) is 5.75 Å². The van der Waals surface area contributed by atoms with Crippen molar-refractivity contribution in [3.8, 4) is 11.5 Å². The van der Waals surface area contributed by atoms with E-state index in [4.69, 9.17) is 9.47 Å². The summed E-state index contributed by atoms with van der Waals surface area (Å²) < 4.78 is 10.6. The number of aromatic amines is 1. The van der Waals surface area contributed by atoms with Gasteiger partial charge in [-0.05, 0) is 38.5 Å². The predicted octanol–water partition coefficient (Wildman–Crippen LogP) is 2.98. The highest BCUT2D eigenvalue weighted by molar-refractivity contribution is 5.99. The molecule has 0 bridgehead atoms. The first-order valence-corrected chi connectivity index (χ1v) is 7.66. The molecule has 0 atom stereocenters. The summed E-state index contributed by atoms with van der Waals surface area (Å²) in [4.78, 5) is 26.5. The lowest BCUT2D eigenvalue weighted by Crippen LogP contribution is -2.16. The van der Waals surface area contributed by atoms with E-state index in [2.05, 4.69) is 4.98 Å². The van der Waals surface area contributed by atoms with Gasteiger partial charge in [0.2, 0.25) is 0 Å². The lowest BCUT2D eigenvalue weighted by Gasteiger charge is -2.12. The number of pyridine rings is 1. The van der Waals surface area contributed by atoms with Crippen LogP contribution in [0.5, 0.6) is 11.5 Å². The van der Waals surface area contributed by atoms with Crippen LogP contribution in [0, 0.1) is 0 Å². The zero-order valence-corrected chi connectivity index (χ0v) is 13.5. The normalized spacial score (nSPS) is 11.0. The molecule has 2 rings (SSSR count). The van der Waals surface area contributed by atoms with Crippen molar-refractivity contribution in [2.24, 2.45) is 0 Å². The Balaban J connectivity index is 2.45. The number of aromatic hydroxyl groups is 1. The van der Waals surface area contributed by atoms with Crippen LogP contribution >= 0.6 is 0 Å². The van der Waals surface area contributed by atoms with Crippen LogP contribution in [-0.4, -0.2) is 28.8 Å². The van der Waals surface area contributed by atoms with E-state index in [0.29, 0.717) is 5.75 Å². The molecule has 0 aliphatic carbocycles. The van der Waals surface area contributed by atoms with Crippen molar-refractivity contribution in [3.63, 3.8) is 0 Å². The number of H-pyrrole nitrogens is 1. The summed E-state index contributed by atoms with van der Waals surface area (Å²) in [6, 6.07) is 4.75. The quantitative estimate of drug-likeness (QED) is 0.631. The number of hydrogen-bond acceptors (Lipinski definition) is 5. The van der Waals surface area contributed by atoms with Crippen LogP contribution in [0.3, 0.4) is 0 Å². The first kappa shape index (κ1) is 16.9. The van der Waals surface area contributed by atoms with Crippen molar-refractivity contribution in [1.82, 2.24) is 4.98 Å². The van der Waals surface area contributed by atoms with Crippen molar-refractivity contribution in [3.05, 3.63) is 34.2 Å². The number of carbonyl (C=O) groups is 1. The molecule has 0 fully saturated rings. The fourth-order valence-corrected chi connectivity index (χ4v) is 2.17. The standard InChI is InChI=1S/C17H21NO5/c1-4-5-8-22-17(21)14-15(19)13-9-11(23-10(2)3)6-7-12(13)16(20)18-14/h6-7,9-10,19H,4-5,8H2,1-3H3,(H,18,20). The van der Waals surface area contributed by atoms with Gasteiger partial charge in [0, 0.05) is 5.39 Å². The molecule has 6 heteroatoms. The predicted molar refractivity (Wildman–Crippen MR) is 87.2 cm³/mol. The molecular formula is C17H21NO5. The van der Waals surface area contributed by atoms with Gasteiger partial charge in [-0.1, -0.05) is 13.3 Å². The summed E-state index contributed by atoms with van der Waals surface area (Å²) in [7, 11) is 0. The van der Waals surface area contributed by atoms with Crippen molar-refractivity contribution in [1.29, 1.82) is 0 Å². The molecule has 0 spiro atoms. The van der Waals surface area contributed by atoms with E-state index in [0.717, 1.165) is 12.8 Å². The molecule has 2 aromatic rings. The fourth-order valence-electron chi connectivity index (χ4n) is 2.17. The number of unbranched alkanes of at least 4 members (excludes halogenated alkanes) is 1. The van der Waals surface area contributed by atoms with Crippen LogP contribution in [0.2, 0.25) is 0 Å². The van der Waals surface area contributed by atoms with Crippen molar-refractivity contribution >= 4 is 16.7 Å². The smallest absolute Gasteiger partial charge is 0.358 e. The van der Waals surface area contributed by atoms with Gasteiger partial charge >= 0.3 is 5.97 Å². The summed E-state index contributed by atoms with van der Waals surface area (Å²) in [5.74, 6) is -0.542. The first-order chi connectivity index (χ1) is 10.9. The average molecular weight is 319 g/mol. The SMILES string of the molecule is CCCCOC(=O)c1[nH]c(=O)c2ccc(OC(C)C)cc2c1O. The van der Waals surface area contributed by atoms with Crippen molar-refractivity contribution in [2.75, 3.05) is 6.61 Å². The molecule has 0 saturated carbocycles. The summed E-state index contributed by atoms with van der Waals surface area (Å²) in [5.41, 5.74) is -0.698. The van der Waals surface area contributed by atoms with Crippen LogP contribution in [0.15, 0.2) is 23.0 Å². The molecule has 124 valence electrons. The van der Waals surface area contributed by atoms with E-state index in [9.17, 15) is 14.7 Å². The maximum Gasteiger partial charge on any atom is 0.358 e. The van der Waals surface area contributed by atoms with Gasteiger partial charge < -0.3 is 19.6 Å². The molecule has 0 aliphatic heterocycles. The number of benzene rings is 1. The molecular weight excluding hydrogens is 298 g/mol. The van der Waals surface area contributed by atoms with Crippen LogP contribution in [0.1, 0.15) is 44.1 Å². The van der Waals surface area contributed by atoms with E-state index in [1.54, 1.807) is 18.2 Å². The Labute approximate surface area is 134 Å². The number of carbonyl (C=O) groups excluding carboxylic acids is 1. The van der Waals surface area contributed by atoms with E-state index in [-0.39, 0.29) is 34.9 Å².